The fourth-order valence-corrected chi connectivity index (χ4v) is 2.24. The normalized spacial score (nSPS) is 10.8. The highest BCUT2D eigenvalue weighted by Crippen LogP contribution is 2.26. The summed E-state index contributed by atoms with van der Waals surface area (Å²) in [7, 11) is 3.91. The van der Waals surface area contributed by atoms with Gasteiger partial charge in [0.05, 0.1) is 17.6 Å². The maximum absolute atomic E-state index is 12.2. The van der Waals surface area contributed by atoms with Crippen LogP contribution in [0.15, 0.2) is 36.7 Å². The lowest BCUT2D eigenvalue weighted by atomic mass is 10.1. The molecule has 5 nitrogen and oxygen atoms in total. The van der Waals surface area contributed by atoms with Crippen molar-refractivity contribution in [2.75, 3.05) is 17.3 Å². The van der Waals surface area contributed by atoms with Gasteiger partial charge in [-0.15, -0.1) is 0 Å². The molecule has 5 heteroatoms. The van der Waals surface area contributed by atoms with Crippen LogP contribution in [0, 0.1) is 0 Å². The van der Waals surface area contributed by atoms with Gasteiger partial charge < -0.3 is 10.2 Å². The summed E-state index contributed by atoms with van der Waals surface area (Å²) < 4.78 is 1.75. The third-order valence-corrected chi connectivity index (χ3v) is 3.73. The second kappa shape index (κ2) is 7.11. The third kappa shape index (κ3) is 4.10. The van der Waals surface area contributed by atoms with Crippen molar-refractivity contribution in [3.63, 3.8) is 0 Å². The van der Waals surface area contributed by atoms with Crippen LogP contribution < -0.4 is 10.2 Å². The van der Waals surface area contributed by atoms with E-state index in [1.54, 1.807) is 10.9 Å². The fraction of sp³-hybridized carbons (Fsp3) is 0.412. The molecule has 0 atom stereocenters. The predicted molar refractivity (Wildman–Crippen MR) is 90.1 cm³/mol. The lowest BCUT2D eigenvalue weighted by Gasteiger charge is -2.26. The minimum atomic E-state index is 0.0217. The van der Waals surface area contributed by atoms with Gasteiger partial charge in [-0.05, 0) is 38.0 Å². The molecule has 0 bridgehead atoms. The smallest absolute Gasteiger partial charge is 0.224 e. The Bertz CT molecular complexity index is 633. The van der Waals surface area contributed by atoms with Crippen LogP contribution in [0.3, 0.4) is 0 Å². The number of nitrogens with one attached hydrogen (secondary N) is 1. The summed E-state index contributed by atoms with van der Waals surface area (Å²) in [5.41, 5.74) is 2.97. The molecule has 118 valence electrons. The average molecular weight is 300 g/mol. The predicted octanol–water partition coefficient (Wildman–Crippen LogP) is 2.84. The van der Waals surface area contributed by atoms with E-state index in [1.165, 1.54) is 0 Å². The third-order valence-electron chi connectivity index (χ3n) is 3.73. The topological polar surface area (TPSA) is 50.2 Å². The van der Waals surface area contributed by atoms with Crippen molar-refractivity contribution in [2.45, 2.75) is 32.7 Å². The molecule has 0 saturated heterocycles. The van der Waals surface area contributed by atoms with Crippen molar-refractivity contribution in [2.24, 2.45) is 7.05 Å². The number of para-hydroxylation sites is 2. The lowest BCUT2D eigenvalue weighted by molar-refractivity contribution is -0.116. The number of nitrogens with zero attached hydrogens (tertiary/aromatic N) is 3. The van der Waals surface area contributed by atoms with Gasteiger partial charge in [0.15, 0.2) is 0 Å². The molecule has 1 heterocycles. The molecule has 0 aliphatic heterocycles. The van der Waals surface area contributed by atoms with E-state index in [4.69, 9.17) is 0 Å². The molecule has 0 aliphatic carbocycles. The van der Waals surface area contributed by atoms with Crippen molar-refractivity contribution >= 4 is 17.3 Å². The summed E-state index contributed by atoms with van der Waals surface area (Å²) in [6, 6.07) is 8.26. The highest BCUT2D eigenvalue weighted by Gasteiger charge is 2.12. The highest BCUT2D eigenvalue weighted by atomic mass is 16.1. The molecule has 1 aromatic carbocycles. The number of anilines is 2. The van der Waals surface area contributed by atoms with Crippen LogP contribution in [0.5, 0.6) is 0 Å². The van der Waals surface area contributed by atoms with E-state index in [1.807, 2.05) is 44.6 Å². The Kier molecular flexibility index (Phi) is 5.20. The Balaban J connectivity index is 1.99. The fourth-order valence-electron chi connectivity index (χ4n) is 2.24. The number of carbonyl (C=O) groups is 1. The van der Waals surface area contributed by atoms with Crippen molar-refractivity contribution in [3.8, 4) is 0 Å². The van der Waals surface area contributed by atoms with Crippen molar-refractivity contribution in [3.05, 3.63) is 42.2 Å². The number of aryl methyl sites for hydroxylation is 2. The van der Waals surface area contributed by atoms with Gasteiger partial charge in [0.1, 0.15) is 0 Å². The zero-order valence-electron chi connectivity index (χ0n) is 13.7. The minimum Gasteiger partial charge on any atom is -0.370 e. The first-order chi connectivity index (χ1) is 10.5. The Morgan fingerprint density at radius 3 is 2.73 bits per heavy atom. The Morgan fingerprint density at radius 2 is 2.09 bits per heavy atom. The van der Waals surface area contributed by atoms with Gasteiger partial charge in [-0.25, -0.2) is 0 Å². The van der Waals surface area contributed by atoms with Crippen LogP contribution in [0.4, 0.5) is 11.4 Å². The van der Waals surface area contributed by atoms with Crippen LogP contribution in [0.2, 0.25) is 0 Å². The summed E-state index contributed by atoms with van der Waals surface area (Å²) in [6.07, 6.45) is 4.88. The molecule has 1 aromatic heterocycles. The molecule has 0 radical (unpaired) electrons. The SMILES string of the molecule is CC(C)N(C)c1ccccc1NC(=O)CCc1cnn(C)c1. The zero-order valence-corrected chi connectivity index (χ0v) is 13.7. The minimum absolute atomic E-state index is 0.0217. The van der Waals surface area contributed by atoms with Gasteiger partial charge in [-0.3, -0.25) is 9.48 Å². The number of hydrogen-bond acceptors (Lipinski definition) is 3. The quantitative estimate of drug-likeness (QED) is 0.892. The van der Waals surface area contributed by atoms with Crippen LogP contribution in [-0.2, 0) is 18.3 Å². The first-order valence-electron chi connectivity index (χ1n) is 7.56. The lowest BCUT2D eigenvalue weighted by Crippen LogP contribution is -2.27. The summed E-state index contributed by atoms with van der Waals surface area (Å²) >= 11 is 0. The largest absolute Gasteiger partial charge is 0.370 e. The standard InChI is InChI=1S/C17H24N4O/c1-13(2)21(4)16-8-6-5-7-15(16)19-17(22)10-9-14-11-18-20(3)12-14/h5-8,11-13H,9-10H2,1-4H3,(H,19,22). The number of benzene rings is 1. The molecular weight excluding hydrogens is 276 g/mol. The number of amides is 1. The first-order valence-corrected chi connectivity index (χ1v) is 7.56. The average Bonchev–Trinajstić information content (AvgIpc) is 2.90. The Morgan fingerprint density at radius 1 is 1.36 bits per heavy atom. The second-order valence-electron chi connectivity index (χ2n) is 5.79. The molecule has 0 spiro atoms. The Labute approximate surface area is 131 Å². The van der Waals surface area contributed by atoms with E-state index in [0.717, 1.165) is 16.9 Å². The molecule has 2 rings (SSSR count). The van der Waals surface area contributed by atoms with Gasteiger partial charge in [0.25, 0.3) is 0 Å². The summed E-state index contributed by atoms with van der Waals surface area (Å²) in [6.45, 7) is 4.25. The molecule has 0 saturated carbocycles. The van der Waals surface area contributed by atoms with Gasteiger partial charge in [0, 0.05) is 32.8 Å². The molecule has 0 aliphatic rings. The van der Waals surface area contributed by atoms with Crippen molar-refractivity contribution in [1.29, 1.82) is 0 Å². The Hall–Kier alpha value is -2.30. The van der Waals surface area contributed by atoms with Gasteiger partial charge >= 0.3 is 0 Å². The van der Waals surface area contributed by atoms with Crippen LogP contribution in [0.25, 0.3) is 0 Å². The number of carbonyl (C=O) groups excluding carboxylic acids is 1. The van der Waals surface area contributed by atoms with Crippen molar-refractivity contribution < 1.29 is 4.79 Å². The van der Waals surface area contributed by atoms with E-state index in [0.29, 0.717) is 18.9 Å². The summed E-state index contributed by atoms with van der Waals surface area (Å²) in [5.74, 6) is 0.0217. The first kappa shape index (κ1) is 16.1. The van der Waals surface area contributed by atoms with Crippen molar-refractivity contribution in [1.82, 2.24) is 9.78 Å². The van der Waals surface area contributed by atoms with E-state index >= 15 is 0 Å². The maximum atomic E-state index is 12.2. The van der Waals surface area contributed by atoms with Crippen LogP contribution >= 0.6 is 0 Å². The summed E-state index contributed by atoms with van der Waals surface area (Å²) in [4.78, 5) is 14.3. The van der Waals surface area contributed by atoms with E-state index in [9.17, 15) is 4.79 Å². The molecule has 1 amide bonds. The number of rotatable bonds is 6. The van der Waals surface area contributed by atoms with Gasteiger partial charge in [-0.2, -0.15) is 5.10 Å². The summed E-state index contributed by atoms with van der Waals surface area (Å²) in [5, 5.41) is 7.13. The van der Waals surface area contributed by atoms with E-state index in [-0.39, 0.29) is 5.91 Å². The monoisotopic (exact) mass is 300 g/mol. The number of hydrogen-bond donors (Lipinski definition) is 1. The van der Waals surface area contributed by atoms with E-state index in [2.05, 4.69) is 29.2 Å². The zero-order chi connectivity index (χ0) is 16.1. The molecule has 0 unspecified atom stereocenters. The van der Waals surface area contributed by atoms with Crippen LogP contribution in [-0.4, -0.2) is 28.8 Å². The number of aromatic nitrogens is 2. The van der Waals surface area contributed by atoms with E-state index < -0.39 is 0 Å². The highest BCUT2D eigenvalue weighted by molar-refractivity contribution is 5.94. The van der Waals surface area contributed by atoms with Gasteiger partial charge in [0.2, 0.25) is 5.91 Å². The molecule has 1 N–H and O–H groups in total. The van der Waals surface area contributed by atoms with Crippen LogP contribution in [0.1, 0.15) is 25.8 Å². The van der Waals surface area contributed by atoms with Gasteiger partial charge in [-0.1, -0.05) is 12.1 Å². The molecule has 0 fully saturated rings. The second-order valence-corrected chi connectivity index (χ2v) is 5.79. The molecular formula is C17H24N4O. The molecule has 22 heavy (non-hydrogen) atoms. The molecule has 2 aromatic rings. The maximum Gasteiger partial charge on any atom is 0.224 e.